The van der Waals surface area contributed by atoms with Crippen LogP contribution in [0.5, 0.6) is 11.5 Å². The Labute approximate surface area is 167 Å². The third-order valence-electron chi connectivity index (χ3n) is 3.49. The zero-order valence-corrected chi connectivity index (χ0v) is 16.2. The molecule has 2 aromatic carbocycles. The Balaban J connectivity index is 1.97. The second-order valence-electron chi connectivity index (χ2n) is 5.46. The van der Waals surface area contributed by atoms with E-state index in [1.807, 2.05) is 19.9 Å². The second-order valence-corrected chi connectivity index (χ2v) is 5.87. The van der Waals surface area contributed by atoms with Crippen molar-refractivity contribution in [2.24, 2.45) is 0 Å². The SMILES string of the molecule is CCOc1ccc(C(=O)OCC(=O)Nc2ccc(C#N)c(Cl)c2)cc1OCC. The molecule has 0 atom stereocenters. The summed E-state index contributed by atoms with van der Waals surface area (Å²) >= 11 is 5.91. The molecule has 1 amide bonds. The van der Waals surface area contributed by atoms with Crippen LogP contribution < -0.4 is 14.8 Å². The topological polar surface area (TPSA) is 97.6 Å². The van der Waals surface area contributed by atoms with Crippen molar-refractivity contribution in [3.63, 3.8) is 0 Å². The van der Waals surface area contributed by atoms with Crippen molar-refractivity contribution in [1.82, 2.24) is 0 Å². The summed E-state index contributed by atoms with van der Waals surface area (Å²) in [5.41, 5.74) is 0.928. The highest BCUT2D eigenvalue weighted by atomic mass is 35.5. The molecule has 28 heavy (non-hydrogen) atoms. The number of benzene rings is 2. The van der Waals surface area contributed by atoms with Gasteiger partial charge in [-0.3, -0.25) is 4.79 Å². The second kappa shape index (κ2) is 10.2. The van der Waals surface area contributed by atoms with Gasteiger partial charge in [-0.1, -0.05) is 11.6 Å². The zero-order chi connectivity index (χ0) is 20.5. The molecule has 0 bridgehead atoms. The average Bonchev–Trinajstić information content (AvgIpc) is 2.68. The number of hydrogen-bond donors (Lipinski definition) is 1. The Kier molecular flexibility index (Phi) is 7.66. The minimum absolute atomic E-state index is 0.218. The lowest BCUT2D eigenvalue weighted by Gasteiger charge is -2.12. The molecule has 0 heterocycles. The molecular weight excluding hydrogens is 384 g/mol. The Hall–Kier alpha value is -3.24. The molecule has 2 rings (SSSR count). The van der Waals surface area contributed by atoms with Gasteiger partial charge in [-0.05, 0) is 50.2 Å². The maximum atomic E-state index is 12.2. The number of nitrogens with one attached hydrogen (secondary N) is 1. The van der Waals surface area contributed by atoms with Crippen LogP contribution in [0.1, 0.15) is 29.8 Å². The van der Waals surface area contributed by atoms with Gasteiger partial charge in [0.15, 0.2) is 18.1 Å². The lowest BCUT2D eigenvalue weighted by molar-refractivity contribution is -0.119. The fourth-order valence-corrected chi connectivity index (χ4v) is 2.50. The first kappa shape index (κ1) is 21.1. The van der Waals surface area contributed by atoms with Crippen LogP contribution in [0.3, 0.4) is 0 Å². The Bertz CT molecular complexity index is 908. The van der Waals surface area contributed by atoms with E-state index in [0.717, 1.165) is 0 Å². The number of carbonyl (C=O) groups excluding carboxylic acids is 2. The summed E-state index contributed by atoms with van der Waals surface area (Å²) in [7, 11) is 0. The van der Waals surface area contributed by atoms with Gasteiger partial charge < -0.3 is 19.5 Å². The van der Waals surface area contributed by atoms with Crippen LogP contribution in [0.15, 0.2) is 36.4 Å². The number of anilines is 1. The number of carbonyl (C=O) groups is 2. The fraction of sp³-hybridized carbons (Fsp3) is 0.250. The van der Waals surface area contributed by atoms with E-state index in [1.165, 1.54) is 30.3 Å². The number of ether oxygens (including phenoxy) is 3. The number of esters is 1. The van der Waals surface area contributed by atoms with Gasteiger partial charge in [0.05, 0.1) is 29.4 Å². The fourth-order valence-electron chi connectivity index (χ4n) is 2.27. The molecule has 8 heteroatoms. The Morgan fingerprint density at radius 3 is 2.43 bits per heavy atom. The summed E-state index contributed by atoms with van der Waals surface area (Å²) in [6, 6.07) is 11.0. The maximum Gasteiger partial charge on any atom is 0.338 e. The van der Waals surface area contributed by atoms with Crippen LogP contribution in [0.4, 0.5) is 5.69 Å². The number of nitriles is 1. The molecule has 2 aromatic rings. The predicted molar refractivity (Wildman–Crippen MR) is 104 cm³/mol. The highest BCUT2D eigenvalue weighted by molar-refractivity contribution is 6.32. The van der Waals surface area contributed by atoms with Crippen molar-refractivity contribution in [1.29, 1.82) is 5.26 Å². The van der Waals surface area contributed by atoms with Crippen molar-refractivity contribution < 1.29 is 23.8 Å². The largest absolute Gasteiger partial charge is 0.490 e. The molecule has 0 saturated heterocycles. The van der Waals surface area contributed by atoms with Gasteiger partial charge in [-0.15, -0.1) is 0 Å². The number of halogens is 1. The summed E-state index contributed by atoms with van der Waals surface area (Å²) in [6.07, 6.45) is 0. The molecule has 0 aliphatic rings. The van der Waals surface area contributed by atoms with Gasteiger partial charge in [-0.25, -0.2) is 4.79 Å². The van der Waals surface area contributed by atoms with Crippen LogP contribution in [-0.4, -0.2) is 31.7 Å². The summed E-state index contributed by atoms with van der Waals surface area (Å²) in [5, 5.41) is 11.6. The van der Waals surface area contributed by atoms with Gasteiger partial charge in [0.2, 0.25) is 0 Å². The molecule has 0 unspecified atom stereocenters. The molecule has 0 aliphatic carbocycles. The lowest BCUT2D eigenvalue weighted by Crippen LogP contribution is -2.21. The van der Waals surface area contributed by atoms with Crippen LogP contribution >= 0.6 is 11.6 Å². The minimum Gasteiger partial charge on any atom is -0.490 e. The Morgan fingerprint density at radius 1 is 1.07 bits per heavy atom. The van der Waals surface area contributed by atoms with E-state index < -0.39 is 18.5 Å². The molecule has 7 nitrogen and oxygen atoms in total. The third kappa shape index (κ3) is 5.63. The van der Waals surface area contributed by atoms with E-state index in [1.54, 1.807) is 6.07 Å². The highest BCUT2D eigenvalue weighted by Crippen LogP contribution is 2.28. The van der Waals surface area contributed by atoms with E-state index >= 15 is 0 Å². The third-order valence-corrected chi connectivity index (χ3v) is 3.80. The van der Waals surface area contributed by atoms with E-state index in [-0.39, 0.29) is 10.6 Å². The van der Waals surface area contributed by atoms with Gasteiger partial charge in [0, 0.05) is 5.69 Å². The summed E-state index contributed by atoms with van der Waals surface area (Å²) in [6.45, 7) is 4.06. The average molecular weight is 403 g/mol. The first-order valence-electron chi connectivity index (χ1n) is 8.54. The molecule has 0 saturated carbocycles. The first-order valence-corrected chi connectivity index (χ1v) is 8.92. The lowest BCUT2D eigenvalue weighted by atomic mass is 10.2. The van der Waals surface area contributed by atoms with Crippen LogP contribution in [0.2, 0.25) is 5.02 Å². The normalized spacial score (nSPS) is 9.93. The number of amides is 1. The first-order chi connectivity index (χ1) is 13.5. The molecule has 0 fully saturated rings. The van der Waals surface area contributed by atoms with Gasteiger partial charge in [-0.2, -0.15) is 5.26 Å². The number of hydrogen-bond acceptors (Lipinski definition) is 6. The molecule has 1 N–H and O–H groups in total. The summed E-state index contributed by atoms with van der Waals surface area (Å²) in [4.78, 5) is 24.2. The predicted octanol–water partition coefficient (Wildman–Crippen LogP) is 3.80. The minimum atomic E-state index is -0.669. The highest BCUT2D eigenvalue weighted by Gasteiger charge is 2.14. The van der Waals surface area contributed by atoms with E-state index in [2.05, 4.69) is 5.32 Å². The van der Waals surface area contributed by atoms with Gasteiger partial charge in [0.25, 0.3) is 5.91 Å². The molecule has 0 aromatic heterocycles. The van der Waals surface area contributed by atoms with Crippen LogP contribution in [0.25, 0.3) is 0 Å². The van der Waals surface area contributed by atoms with Gasteiger partial charge >= 0.3 is 5.97 Å². The van der Waals surface area contributed by atoms with Crippen LogP contribution in [0, 0.1) is 11.3 Å². The van der Waals surface area contributed by atoms with Crippen LogP contribution in [-0.2, 0) is 9.53 Å². The molecular formula is C20H19ClN2O5. The van der Waals surface area contributed by atoms with Crippen molar-refractivity contribution in [3.05, 3.63) is 52.5 Å². The van der Waals surface area contributed by atoms with Gasteiger partial charge in [0.1, 0.15) is 6.07 Å². The van der Waals surface area contributed by atoms with E-state index in [4.69, 9.17) is 31.1 Å². The maximum absolute atomic E-state index is 12.2. The van der Waals surface area contributed by atoms with Crippen molar-refractivity contribution in [2.75, 3.05) is 25.1 Å². The molecule has 0 radical (unpaired) electrons. The molecule has 0 spiro atoms. The zero-order valence-electron chi connectivity index (χ0n) is 15.5. The summed E-state index contributed by atoms with van der Waals surface area (Å²) in [5.74, 6) is -0.256. The molecule has 0 aliphatic heterocycles. The standard InChI is InChI=1S/C20H19ClN2O5/c1-3-26-17-8-6-13(9-18(17)27-4-2)20(25)28-12-19(24)23-15-7-5-14(11-22)16(21)10-15/h5-10H,3-4,12H2,1-2H3,(H,23,24). The monoisotopic (exact) mass is 402 g/mol. The quantitative estimate of drug-likeness (QED) is 0.674. The van der Waals surface area contributed by atoms with Crippen molar-refractivity contribution in [3.8, 4) is 17.6 Å². The van der Waals surface area contributed by atoms with Crippen molar-refractivity contribution >= 4 is 29.2 Å². The van der Waals surface area contributed by atoms with E-state index in [0.29, 0.717) is 36.0 Å². The number of rotatable bonds is 8. The Morgan fingerprint density at radius 2 is 1.79 bits per heavy atom. The van der Waals surface area contributed by atoms with Crippen molar-refractivity contribution in [2.45, 2.75) is 13.8 Å². The number of nitrogens with zero attached hydrogens (tertiary/aromatic N) is 1. The van der Waals surface area contributed by atoms with E-state index in [9.17, 15) is 9.59 Å². The molecule has 146 valence electrons. The summed E-state index contributed by atoms with van der Waals surface area (Å²) < 4.78 is 15.9. The smallest absolute Gasteiger partial charge is 0.338 e.